The van der Waals surface area contributed by atoms with E-state index in [0.29, 0.717) is 17.1 Å². The molecular weight excluding hydrogens is 314 g/mol. The van der Waals surface area contributed by atoms with Crippen molar-refractivity contribution in [3.05, 3.63) is 58.6 Å². The van der Waals surface area contributed by atoms with Crippen molar-refractivity contribution in [1.82, 2.24) is 0 Å². The van der Waals surface area contributed by atoms with Crippen molar-refractivity contribution in [2.45, 2.75) is 12.5 Å². The van der Waals surface area contributed by atoms with E-state index in [-0.39, 0.29) is 12.1 Å². The molecule has 0 aliphatic carbocycles. The molecule has 1 heterocycles. The third-order valence-electron chi connectivity index (χ3n) is 3.46. The molecule has 2 aromatic rings. The number of anilines is 2. The number of nitro groups is 1. The van der Waals surface area contributed by atoms with Crippen LogP contribution < -0.4 is 15.4 Å². The standard InChI is InChI=1S/C16H13N3O5/c20-15(17-10-5-7-11(8-6-10)19(22)23)9-13-16(21)24-14-4-2-1-3-12(14)18-13/h1-8,13,18H,9H2,(H,17,20). The first-order valence-electron chi connectivity index (χ1n) is 7.14. The minimum atomic E-state index is -0.794. The summed E-state index contributed by atoms with van der Waals surface area (Å²) in [5.41, 5.74) is 0.988. The van der Waals surface area contributed by atoms with Gasteiger partial charge in [0.1, 0.15) is 6.04 Å². The Kier molecular flexibility index (Phi) is 4.11. The molecule has 0 bridgehead atoms. The molecule has 2 aromatic carbocycles. The molecule has 0 radical (unpaired) electrons. The largest absolute Gasteiger partial charge is 0.423 e. The zero-order valence-corrected chi connectivity index (χ0v) is 12.4. The highest BCUT2D eigenvalue weighted by Crippen LogP contribution is 2.29. The number of amides is 1. The van der Waals surface area contributed by atoms with Crippen molar-refractivity contribution in [3.8, 4) is 5.75 Å². The van der Waals surface area contributed by atoms with Gasteiger partial charge in [0.25, 0.3) is 5.69 Å². The van der Waals surface area contributed by atoms with Crippen LogP contribution >= 0.6 is 0 Å². The van der Waals surface area contributed by atoms with Gasteiger partial charge in [0.05, 0.1) is 17.0 Å². The SMILES string of the molecule is O=C(CC1Nc2ccccc2OC1=O)Nc1ccc([N+](=O)[O-])cc1. The Morgan fingerprint density at radius 2 is 1.92 bits per heavy atom. The topological polar surface area (TPSA) is 111 Å². The van der Waals surface area contributed by atoms with Gasteiger partial charge in [0, 0.05) is 17.8 Å². The monoisotopic (exact) mass is 327 g/mol. The van der Waals surface area contributed by atoms with Gasteiger partial charge in [-0.25, -0.2) is 4.79 Å². The highest BCUT2D eigenvalue weighted by atomic mass is 16.6. The van der Waals surface area contributed by atoms with Crippen LogP contribution in [0.25, 0.3) is 0 Å². The fourth-order valence-corrected chi connectivity index (χ4v) is 2.30. The molecule has 1 aliphatic heterocycles. The molecule has 2 N–H and O–H groups in total. The van der Waals surface area contributed by atoms with Crippen molar-refractivity contribution in [1.29, 1.82) is 0 Å². The first kappa shape index (κ1) is 15.5. The number of nitrogens with zero attached hydrogens (tertiary/aromatic N) is 1. The molecule has 8 nitrogen and oxygen atoms in total. The van der Waals surface area contributed by atoms with Gasteiger partial charge in [0.2, 0.25) is 5.91 Å². The summed E-state index contributed by atoms with van der Waals surface area (Å²) in [6.45, 7) is 0. The lowest BCUT2D eigenvalue weighted by atomic mass is 10.1. The second-order valence-electron chi connectivity index (χ2n) is 5.17. The summed E-state index contributed by atoms with van der Waals surface area (Å²) in [4.78, 5) is 34.1. The molecule has 3 rings (SSSR count). The number of non-ortho nitro benzene ring substituents is 1. The van der Waals surface area contributed by atoms with Crippen LogP contribution in [0.5, 0.6) is 5.75 Å². The number of para-hydroxylation sites is 2. The Bertz CT molecular complexity index is 804. The first-order valence-corrected chi connectivity index (χ1v) is 7.14. The predicted octanol–water partition coefficient (Wildman–Crippen LogP) is 2.32. The van der Waals surface area contributed by atoms with E-state index in [2.05, 4.69) is 10.6 Å². The summed E-state index contributed by atoms with van der Waals surface area (Å²) in [5.74, 6) is -0.514. The molecule has 0 aromatic heterocycles. The molecule has 1 unspecified atom stereocenters. The molecule has 0 fully saturated rings. The van der Waals surface area contributed by atoms with Crippen LogP contribution in [0.15, 0.2) is 48.5 Å². The summed E-state index contributed by atoms with van der Waals surface area (Å²) in [6.07, 6.45) is -0.121. The summed E-state index contributed by atoms with van der Waals surface area (Å²) in [6, 6.07) is 11.6. The van der Waals surface area contributed by atoms with Crippen molar-refractivity contribution < 1.29 is 19.2 Å². The molecule has 1 aliphatic rings. The van der Waals surface area contributed by atoms with Crippen LogP contribution in [0.1, 0.15) is 6.42 Å². The number of rotatable bonds is 4. The fourth-order valence-electron chi connectivity index (χ4n) is 2.30. The normalized spacial score (nSPS) is 15.7. The van der Waals surface area contributed by atoms with E-state index in [1.807, 2.05) is 0 Å². The lowest BCUT2D eigenvalue weighted by Gasteiger charge is -2.24. The van der Waals surface area contributed by atoms with Crippen molar-refractivity contribution >= 4 is 28.9 Å². The van der Waals surface area contributed by atoms with Crippen LogP contribution in [0, 0.1) is 10.1 Å². The van der Waals surface area contributed by atoms with E-state index < -0.39 is 22.8 Å². The number of nitro benzene ring substituents is 1. The van der Waals surface area contributed by atoms with E-state index in [9.17, 15) is 19.7 Å². The van der Waals surface area contributed by atoms with Gasteiger partial charge in [-0.2, -0.15) is 0 Å². The van der Waals surface area contributed by atoms with Crippen molar-refractivity contribution in [2.24, 2.45) is 0 Å². The number of fused-ring (bicyclic) bond motifs is 1. The molecule has 1 amide bonds. The predicted molar refractivity (Wildman–Crippen MR) is 85.8 cm³/mol. The Morgan fingerprint density at radius 1 is 1.21 bits per heavy atom. The van der Waals surface area contributed by atoms with E-state index >= 15 is 0 Å². The molecule has 8 heteroatoms. The Labute approximate surface area is 136 Å². The maximum Gasteiger partial charge on any atom is 0.334 e. The number of esters is 1. The van der Waals surface area contributed by atoms with Crippen molar-refractivity contribution in [2.75, 3.05) is 10.6 Å². The Balaban J connectivity index is 1.63. The van der Waals surface area contributed by atoms with Gasteiger partial charge in [-0.15, -0.1) is 0 Å². The van der Waals surface area contributed by atoms with E-state index in [1.54, 1.807) is 24.3 Å². The second kappa shape index (κ2) is 6.37. The average Bonchev–Trinajstić information content (AvgIpc) is 2.56. The summed E-state index contributed by atoms with van der Waals surface area (Å²) in [5, 5.41) is 16.1. The van der Waals surface area contributed by atoms with Crippen LogP contribution in [0.2, 0.25) is 0 Å². The maximum atomic E-state index is 12.1. The third-order valence-corrected chi connectivity index (χ3v) is 3.46. The van der Waals surface area contributed by atoms with Gasteiger partial charge in [0.15, 0.2) is 5.75 Å². The van der Waals surface area contributed by atoms with Crippen LogP contribution in [-0.4, -0.2) is 22.8 Å². The van der Waals surface area contributed by atoms with Crippen molar-refractivity contribution in [3.63, 3.8) is 0 Å². The lowest BCUT2D eigenvalue weighted by Crippen LogP contribution is -2.39. The molecular formula is C16H13N3O5. The quantitative estimate of drug-likeness (QED) is 0.386. The second-order valence-corrected chi connectivity index (χ2v) is 5.17. The molecule has 0 saturated heterocycles. The highest BCUT2D eigenvalue weighted by Gasteiger charge is 2.29. The van der Waals surface area contributed by atoms with Gasteiger partial charge in [-0.1, -0.05) is 12.1 Å². The Morgan fingerprint density at radius 3 is 2.62 bits per heavy atom. The number of nitrogens with one attached hydrogen (secondary N) is 2. The van der Waals surface area contributed by atoms with Crippen LogP contribution in [0.3, 0.4) is 0 Å². The van der Waals surface area contributed by atoms with E-state index in [0.717, 1.165) is 0 Å². The minimum absolute atomic E-state index is 0.0675. The van der Waals surface area contributed by atoms with E-state index in [1.165, 1.54) is 24.3 Å². The number of hydrogen-bond acceptors (Lipinski definition) is 6. The molecule has 122 valence electrons. The smallest absolute Gasteiger partial charge is 0.334 e. The first-order chi connectivity index (χ1) is 11.5. The maximum absolute atomic E-state index is 12.1. The lowest BCUT2D eigenvalue weighted by molar-refractivity contribution is -0.384. The number of ether oxygens (including phenoxy) is 1. The van der Waals surface area contributed by atoms with Gasteiger partial charge < -0.3 is 15.4 Å². The highest BCUT2D eigenvalue weighted by molar-refractivity contribution is 5.97. The number of carbonyl (C=O) groups excluding carboxylic acids is 2. The van der Waals surface area contributed by atoms with E-state index in [4.69, 9.17) is 4.74 Å². The number of hydrogen-bond donors (Lipinski definition) is 2. The summed E-state index contributed by atoms with van der Waals surface area (Å²) in [7, 11) is 0. The zero-order valence-electron chi connectivity index (χ0n) is 12.4. The van der Waals surface area contributed by atoms with Crippen LogP contribution in [-0.2, 0) is 9.59 Å². The summed E-state index contributed by atoms with van der Waals surface area (Å²) < 4.78 is 5.18. The molecule has 1 atom stereocenters. The van der Waals surface area contributed by atoms with Gasteiger partial charge in [-0.3, -0.25) is 14.9 Å². The van der Waals surface area contributed by atoms with Gasteiger partial charge >= 0.3 is 5.97 Å². The fraction of sp³-hybridized carbons (Fsp3) is 0.125. The molecule has 0 spiro atoms. The number of benzene rings is 2. The number of carbonyl (C=O) groups is 2. The minimum Gasteiger partial charge on any atom is -0.423 e. The molecule has 24 heavy (non-hydrogen) atoms. The average molecular weight is 327 g/mol. The third kappa shape index (κ3) is 3.32. The molecule has 0 saturated carbocycles. The summed E-state index contributed by atoms with van der Waals surface area (Å²) >= 11 is 0. The zero-order chi connectivity index (χ0) is 17.1. The van der Waals surface area contributed by atoms with Crippen LogP contribution in [0.4, 0.5) is 17.1 Å². The van der Waals surface area contributed by atoms with Gasteiger partial charge in [-0.05, 0) is 24.3 Å². The Hall–Kier alpha value is -3.42.